The molecule has 0 saturated heterocycles. The number of esters is 1. The van der Waals surface area contributed by atoms with Gasteiger partial charge in [0.25, 0.3) is 0 Å². The van der Waals surface area contributed by atoms with Gasteiger partial charge in [0, 0.05) is 23.5 Å². The van der Waals surface area contributed by atoms with Crippen molar-refractivity contribution in [1.82, 2.24) is 9.38 Å². The quantitative estimate of drug-likeness (QED) is 0.206. The first-order valence-electron chi connectivity index (χ1n) is 14.9. The van der Waals surface area contributed by atoms with Crippen LogP contribution in [-0.2, 0) is 26.4 Å². The fraction of sp³-hybridized carbons (Fsp3) is 0.333. The highest BCUT2D eigenvalue weighted by molar-refractivity contribution is 5.88. The van der Waals surface area contributed by atoms with Gasteiger partial charge in [-0.3, -0.25) is 0 Å². The molecule has 2 aliphatic rings. The molecule has 4 aromatic rings. The summed E-state index contributed by atoms with van der Waals surface area (Å²) in [6.07, 6.45) is 5.71. The molecule has 3 heterocycles. The Balaban J connectivity index is 1.56. The summed E-state index contributed by atoms with van der Waals surface area (Å²) in [6, 6.07) is 11.0. The average molecular weight is 617 g/mol. The van der Waals surface area contributed by atoms with Crippen LogP contribution in [0.15, 0.2) is 73.1 Å². The molecule has 2 aromatic heterocycles. The van der Waals surface area contributed by atoms with Crippen LogP contribution in [0.1, 0.15) is 61.2 Å². The van der Waals surface area contributed by atoms with Crippen molar-refractivity contribution in [3.05, 3.63) is 107 Å². The molecule has 2 unspecified atom stereocenters. The summed E-state index contributed by atoms with van der Waals surface area (Å²) in [7, 11) is 1.30. The number of pyridine rings is 1. The minimum Gasteiger partial charge on any atom is -0.493 e. The van der Waals surface area contributed by atoms with E-state index in [1.54, 1.807) is 10.6 Å². The molecular formula is C36H35F3N2O4. The molecule has 0 spiro atoms. The molecule has 0 bridgehead atoms. The highest BCUT2D eigenvalue weighted by Gasteiger charge is 2.46. The van der Waals surface area contributed by atoms with Gasteiger partial charge in [0.1, 0.15) is 22.9 Å². The van der Waals surface area contributed by atoms with E-state index in [-0.39, 0.29) is 11.3 Å². The molecule has 6 nitrogen and oxygen atoms in total. The second kappa shape index (κ2) is 11.5. The number of rotatable bonds is 6. The van der Waals surface area contributed by atoms with Crippen LogP contribution in [0.3, 0.4) is 0 Å². The van der Waals surface area contributed by atoms with Gasteiger partial charge < -0.3 is 18.6 Å². The monoisotopic (exact) mass is 616 g/mol. The number of carbonyl (C=O) groups excluding carboxylic acids is 1. The van der Waals surface area contributed by atoms with Crippen molar-refractivity contribution in [3.8, 4) is 16.9 Å². The molecule has 2 aromatic carbocycles. The summed E-state index contributed by atoms with van der Waals surface area (Å²) in [5, 5.41) is 0. The Hall–Kier alpha value is -4.37. The molecule has 0 N–H and O–H groups in total. The first-order chi connectivity index (χ1) is 21.4. The van der Waals surface area contributed by atoms with Gasteiger partial charge in [-0.05, 0) is 98.7 Å². The van der Waals surface area contributed by atoms with Gasteiger partial charge in [-0.2, -0.15) is 0 Å². The van der Waals surface area contributed by atoms with Gasteiger partial charge in [-0.25, -0.2) is 22.9 Å². The lowest BCUT2D eigenvalue weighted by Gasteiger charge is -2.29. The molecule has 6 rings (SSSR count). The summed E-state index contributed by atoms with van der Waals surface area (Å²) >= 11 is 0. The van der Waals surface area contributed by atoms with Crippen molar-refractivity contribution in [2.24, 2.45) is 0 Å². The van der Waals surface area contributed by atoms with E-state index in [1.165, 1.54) is 49.7 Å². The third-order valence-corrected chi connectivity index (χ3v) is 8.16. The first kappa shape index (κ1) is 30.6. The van der Waals surface area contributed by atoms with E-state index in [2.05, 4.69) is 0 Å². The number of methoxy groups -OCH3 is 1. The number of allylic oxidation sites excluding steroid dienone is 4. The van der Waals surface area contributed by atoms with E-state index in [1.807, 2.05) is 45.9 Å². The average Bonchev–Trinajstić information content (AvgIpc) is 3.44. The lowest BCUT2D eigenvalue weighted by molar-refractivity contribution is -0.164. The summed E-state index contributed by atoms with van der Waals surface area (Å²) in [4.78, 5) is 18.0. The second-order valence-corrected chi connectivity index (χ2v) is 12.5. The smallest absolute Gasteiger partial charge is 0.339 e. The third-order valence-electron chi connectivity index (χ3n) is 8.16. The fourth-order valence-electron chi connectivity index (χ4n) is 6.07. The van der Waals surface area contributed by atoms with Gasteiger partial charge in [0.2, 0.25) is 5.67 Å². The SMILES string of the molecule is COC(=O)[C@@H](OC(C)(C)C)c1c(C)cn2cc(C3(F)C=CC=C(c4ccc(F)cc4)C3F)nc2c1-c1ccc2c(c1)CCCO2. The zero-order valence-electron chi connectivity index (χ0n) is 25.9. The number of benzene rings is 2. The van der Waals surface area contributed by atoms with Crippen molar-refractivity contribution in [2.75, 3.05) is 13.7 Å². The van der Waals surface area contributed by atoms with Crippen LogP contribution in [0.2, 0.25) is 0 Å². The maximum atomic E-state index is 16.9. The number of nitrogens with zero attached hydrogens (tertiary/aromatic N) is 2. The minimum atomic E-state index is -2.62. The molecule has 234 valence electrons. The Kier molecular flexibility index (Phi) is 7.85. The Morgan fingerprint density at radius 2 is 1.87 bits per heavy atom. The van der Waals surface area contributed by atoms with Crippen LogP contribution in [-0.4, -0.2) is 40.8 Å². The van der Waals surface area contributed by atoms with Crippen LogP contribution >= 0.6 is 0 Å². The molecule has 0 amide bonds. The molecule has 0 fully saturated rings. The standard InChI is InChI=1S/C36H35F3N2O4/c1-21-19-41-20-28(36(39)16-6-9-26(32(36)38)22-10-13-25(37)14-11-22)40-33(41)30(24-12-15-27-23(18-24)8-7-17-44-27)29(21)31(34(42)43-5)45-35(2,3)4/h6,9-16,18-20,31-32H,7-8,17H2,1-5H3/t31-,32?,36?/m0/s1. The van der Waals surface area contributed by atoms with Crippen molar-refractivity contribution < 1.29 is 32.2 Å². The van der Waals surface area contributed by atoms with E-state index in [9.17, 15) is 9.18 Å². The largest absolute Gasteiger partial charge is 0.493 e. The van der Waals surface area contributed by atoms with Crippen LogP contribution in [0.5, 0.6) is 5.75 Å². The van der Waals surface area contributed by atoms with E-state index in [4.69, 9.17) is 19.2 Å². The zero-order chi connectivity index (χ0) is 32.1. The Labute approximate surface area is 260 Å². The summed E-state index contributed by atoms with van der Waals surface area (Å²) in [5.74, 6) is -0.284. The van der Waals surface area contributed by atoms with E-state index < -0.39 is 35.3 Å². The lowest BCUT2D eigenvalue weighted by Crippen LogP contribution is -2.33. The molecule has 1 aliphatic heterocycles. The molecule has 3 atom stereocenters. The first-order valence-corrected chi connectivity index (χ1v) is 14.9. The number of alkyl halides is 2. The van der Waals surface area contributed by atoms with E-state index in [0.29, 0.717) is 34.5 Å². The predicted octanol–water partition coefficient (Wildman–Crippen LogP) is 7.96. The zero-order valence-corrected chi connectivity index (χ0v) is 25.9. The molecule has 45 heavy (non-hydrogen) atoms. The minimum absolute atomic E-state index is 0.0770. The van der Waals surface area contributed by atoms with Gasteiger partial charge in [-0.1, -0.05) is 30.4 Å². The van der Waals surface area contributed by atoms with Gasteiger partial charge >= 0.3 is 5.97 Å². The van der Waals surface area contributed by atoms with Crippen molar-refractivity contribution >= 4 is 17.2 Å². The maximum absolute atomic E-state index is 16.9. The van der Waals surface area contributed by atoms with Crippen LogP contribution in [0, 0.1) is 12.7 Å². The number of fused-ring (bicyclic) bond motifs is 2. The summed E-state index contributed by atoms with van der Waals surface area (Å²) < 4.78 is 65.7. The van der Waals surface area contributed by atoms with Crippen molar-refractivity contribution in [1.29, 1.82) is 0 Å². The molecule has 9 heteroatoms. The second-order valence-electron chi connectivity index (χ2n) is 12.5. The van der Waals surface area contributed by atoms with Gasteiger partial charge in [0.05, 0.1) is 19.3 Å². The Bertz CT molecular complexity index is 1840. The number of hydrogen-bond donors (Lipinski definition) is 0. The van der Waals surface area contributed by atoms with Crippen LogP contribution in [0.25, 0.3) is 22.3 Å². The molecular weight excluding hydrogens is 581 g/mol. The Morgan fingerprint density at radius 1 is 1.13 bits per heavy atom. The van der Waals surface area contributed by atoms with Gasteiger partial charge in [0.15, 0.2) is 12.3 Å². The highest BCUT2D eigenvalue weighted by Crippen LogP contribution is 2.45. The van der Waals surface area contributed by atoms with E-state index in [0.717, 1.165) is 35.8 Å². The summed E-state index contributed by atoms with van der Waals surface area (Å²) in [5.41, 5.74) is 0.737. The van der Waals surface area contributed by atoms with Crippen LogP contribution in [0.4, 0.5) is 13.2 Å². The van der Waals surface area contributed by atoms with Crippen LogP contribution < -0.4 is 4.74 Å². The molecule has 0 radical (unpaired) electrons. The molecule has 1 aliphatic carbocycles. The van der Waals surface area contributed by atoms with E-state index >= 15 is 8.78 Å². The number of ether oxygens (including phenoxy) is 3. The van der Waals surface area contributed by atoms with Crippen molar-refractivity contribution in [3.63, 3.8) is 0 Å². The maximum Gasteiger partial charge on any atom is 0.339 e. The Morgan fingerprint density at radius 3 is 2.58 bits per heavy atom. The van der Waals surface area contributed by atoms with Gasteiger partial charge in [-0.15, -0.1) is 0 Å². The topological polar surface area (TPSA) is 62.1 Å². The third kappa shape index (κ3) is 5.65. The number of aryl methyl sites for hydroxylation is 2. The molecule has 0 saturated carbocycles. The van der Waals surface area contributed by atoms with Crippen molar-refractivity contribution in [2.45, 2.75) is 64.1 Å². The number of halogens is 3. The fourth-order valence-corrected chi connectivity index (χ4v) is 6.07. The highest BCUT2D eigenvalue weighted by atomic mass is 19.2. The summed E-state index contributed by atoms with van der Waals surface area (Å²) in [6.45, 7) is 7.99. The number of hydrogen-bond acceptors (Lipinski definition) is 5. The lowest BCUT2D eigenvalue weighted by atomic mass is 9.84. The number of imidazole rings is 1. The number of aromatic nitrogens is 2. The normalized spacial score (nSPS) is 20.4. The number of carbonyl (C=O) groups is 1. The predicted molar refractivity (Wildman–Crippen MR) is 166 cm³/mol.